The molecule has 4 nitrogen and oxygen atoms in total. The Labute approximate surface area is 219 Å². The fraction of sp³-hybridized carbons (Fsp3) is 0.143. The van der Waals surface area contributed by atoms with Crippen molar-refractivity contribution in [2.45, 2.75) is 29.2 Å². The van der Waals surface area contributed by atoms with E-state index in [2.05, 4.69) is 59.5 Å². The molecule has 2 saturated carbocycles. The van der Waals surface area contributed by atoms with E-state index in [-0.39, 0.29) is 29.0 Å². The van der Waals surface area contributed by atoms with Crippen LogP contribution >= 0.6 is 11.8 Å². The van der Waals surface area contributed by atoms with Crippen LogP contribution in [0.5, 0.6) is 0 Å². The van der Waals surface area contributed by atoms with Gasteiger partial charge < -0.3 is 4.90 Å². The molecule has 2 aromatic carbocycles. The van der Waals surface area contributed by atoms with Gasteiger partial charge in [-0.2, -0.15) is 5.10 Å². The number of hydrazone groups is 1. The van der Waals surface area contributed by atoms with Gasteiger partial charge in [0.15, 0.2) is 0 Å². The average molecular weight is 507 g/mol. The molecule has 10 radical (unpaired) electrons. The Bertz CT molecular complexity index is 1040. The number of amides is 1. The van der Waals surface area contributed by atoms with Gasteiger partial charge in [-0.15, -0.1) is 0 Å². The molecule has 4 aliphatic rings. The number of para-hydroxylation sites is 1. The molecule has 0 saturated heterocycles. The quantitative estimate of drug-likeness (QED) is 0.469. The van der Waals surface area contributed by atoms with Crippen LogP contribution in [-0.4, -0.2) is 23.7 Å². The van der Waals surface area contributed by atoms with E-state index in [1.807, 2.05) is 57.8 Å². The molecule has 1 amide bonds. The first-order valence-corrected chi connectivity index (χ1v) is 11.8. The molecule has 0 N–H and O–H groups in total. The number of hydrogen-bond acceptors (Lipinski definition) is 4. The number of fused-ring (bicyclic) bond motifs is 2. The van der Waals surface area contributed by atoms with E-state index in [4.69, 9.17) is 0 Å². The van der Waals surface area contributed by atoms with Gasteiger partial charge in [0.05, 0.1) is 17.4 Å². The fourth-order valence-corrected chi connectivity index (χ4v) is 5.49. The Balaban J connectivity index is 0.000000407. The van der Waals surface area contributed by atoms with Crippen LogP contribution in [0.15, 0.2) is 57.4 Å². The van der Waals surface area contributed by atoms with E-state index in [1.54, 1.807) is 23.7 Å². The van der Waals surface area contributed by atoms with Crippen LogP contribution < -0.4 is 4.90 Å². The molecule has 2 heterocycles. The molecule has 2 aliphatic heterocycles. The molecule has 0 aromatic heterocycles. The minimum atomic E-state index is -0.0595. The van der Waals surface area contributed by atoms with Crippen LogP contribution in [0.1, 0.15) is 24.9 Å². The van der Waals surface area contributed by atoms with Crippen LogP contribution in [0.25, 0.3) is 0 Å². The third-order valence-corrected chi connectivity index (χ3v) is 7.07. The number of nitrogens with zero attached hydrogens (tertiary/aromatic N) is 3. The molecule has 170 valence electrons. The van der Waals surface area contributed by atoms with Crippen LogP contribution in [0.3, 0.4) is 0 Å². The SMILES string of the molecule is CC(=O)N1N=C([C]2[CH][CH][CH][CH]2)CC1c1ccc2c(c1)Sc1ccccc1N2C.[CH]1[CH][CH][CH][CH]1.[Fe+2]. The third kappa shape index (κ3) is 5.24. The van der Waals surface area contributed by atoms with Crippen molar-refractivity contribution in [1.29, 1.82) is 0 Å². The number of carbonyl (C=O) groups excluding carboxylic acids is 1. The molecule has 1 unspecified atom stereocenters. The number of hydrogen-bond donors (Lipinski definition) is 0. The summed E-state index contributed by atoms with van der Waals surface area (Å²) in [4.78, 5) is 16.9. The predicted octanol–water partition coefficient (Wildman–Crippen LogP) is 5.99. The van der Waals surface area contributed by atoms with Crippen LogP contribution in [0.2, 0.25) is 0 Å². The van der Waals surface area contributed by atoms with Gasteiger partial charge in [0.1, 0.15) is 0 Å². The first-order valence-electron chi connectivity index (χ1n) is 11.0. The summed E-state index contributed by atoms with van der Waals surface area (Å²) in [6.07, 6.45) is 18.8. The second-order valence-corrected chi connectivity index (χ2v) is 9.21. The standard InChI is InChI=1S/C23H20N3OS.C5H5.Fe/c1-15(27)26-21(14-18(24-26)16-7-3-4-8-16)17-11-12-20-23(13-17)28-22-10-6-5-9-19(22)25(20)2;1-2-4-5-3-1;/h3-13,21H,14H2,1-2H3;1-5H;/q;;+2. The van der Waals surface area contributed by atoms with Crippen LogP contribution in [0, 0.1) is 63.7 Å². The van der Waals surface area contributed by atoms with E-state index < -0.39 is 0 Å². The van der Waals surface area contributed by atoms with Gasteiger partial charge in [-0.05, 0) is 87.6 Å². The molecule has 34 heavy (non-hydrogen) atoms. The van der Waals surface area contributed by atoms with Gasteiger partial charge in [-0.25, -0.2) is 5.01 Å². The molecule has 2 aromatic rings. The Kier molecular flexibility index (Phi) is 8.44. The summed E-state index contributed by atoms with van der Waals surface area (Å²) in [7, 11) is 2.10. The molecule has 2 fully saturated rings. The zero-order valence-corrected chi connectivity index (χ0v) is 21.0. The average Bonchev–Trinajstić information content (AvgIpc) is 3.62. The zero-order chi connectivity index (χ0) is 22.8. The minimum Gasteiger partial charge on any atom is -0.343 e. The Morgan fingerprint density at radius 2 is 1.56 bits per heavy atom. The molecular formula is C28H25FeN3OS+2. The first kappa shape index (κ1) is 25.3. The van der Waals surface area contributed by atoms with E-state index in [0.717, 1.165) is 23.6 Å². The maximum atomic E-state index is 12.3. The van der Waals surface area contributed by atoms with Crippen molar-refractivity contribution in [2.75, 3.05) is 11.9 Å². The van der Waals surface area contributed by atoms with Crippen molar-refractivity contribution in [3.05, 3.63) is 112 Å². The zero-order valence-electron chi connectivity index (χ0n) is 19.0. The molecule has 1 atom stereocenters. The fourth-order valence-electron chi connectivity index (χ4n) is 4.29. The molecule has 6 rings (SSSR count). The maximum Gasteiger partial charge on any atom is 2.00 e. The summed E-state index contributed by atoms with van der Waals surface area (Å²) < 4.78 is 0. The summed E-state index contributed by atoms with van der Waals surface area (Å²) >= 11 is 1.78. The smallest absolute Gasteiger partial charge is 0.343 e. The van der Waals surface area contributed by atoms with Gasteiger partial charge in [0, 0.05) is 41.8 Å². The number of rotatable bonds is 2. The maximum absolute atomic E-state index is 12.3. The van der Waals surface area contributed by atoms with Gasteiger partial charge >= 0.3 is 17.1 Å². The Hall–Kier alpha value is -1.75. The van der Waals surface area contributed by atoms with Crippen LogP contribution in [0.4, 0.5) is 11.4 Å². The molecule has 6 heteroatoms. The van der Waals surface area contributed by atoms with Gasteiger partial charge in [-0.1, -0.05) is 30.0 Å². The summed E-state index contributed by atoms with van der Waals surface area (Å²) in [6, 6.07) is 14.9. The van der Waals surface area contributed by atoms with Crippen molar-refractivity contribution in [2.24, 2.45) is 5.10 Å². The van der Waals surface area contributed by atoms with E-state index >= 15 is 0 Å². The van der Waals surface area contributed by atoms with E-state index in [0.29, 0.717) is 0 Å². The van der Waals surface area contributed by atoms with Crippen molar-refractivity contribution >= 4 is 34.8 Å². The van der Waals surface area contributed by atoms with Crippen LogP contribution in [-0.2, 0) is 21.9 Å². The molecule has 0 spiro atoms. The normalized spacial score (nSPS) is 21.2. The minimum absolute atomic E-state index is 0. The van der Waals surface area contributed by atoms with Gasteiger partial charge in [-0.3, -0.25) is 4.79 Å². The molecule has 0 bridgehead atoms. The van der Waals surface area contributed by atoms with Crippen molar-refractivity contribution in [1.82, 2.24) is 5.01 Å². The summed E-state index contributed by atoms with van der Waals surface area (Å²) in [5.41, 5.74) is 4.51. The van der Waals surface area contributed by atoms with Gasteiger partial charge in [0.2, 0.25) is 5.91 Å². The second-order valence-electron chi connectivity index (χ2n) is 8.12. The second kappa shape index (κ2) is 11.3. The first-order chi connectivity index (χ1) is 16.1. The Morgan fingerprint density at radius 3 is 2.24 bits per heavy atom. The summed E-state index contributed by atoms with van der Waals surface area (Å²) in [5.74, 6) is 1.06. The Morgan fingerprint density at radius 1 is 0.912 bits per heavy atom. The molecule has 2 aliphatic carbocycles. The molecular weight excluding hydrogens is 482 g/mol. The summed E-state index contributed by atoms with van der Waals surface area (Å²) in [5, 5.41) is 6.27. The predicted molar refractivity (Wildman–Crippen MR) is 134 cm³/mol. The summed E-state index contributed by atoms with van der Waals surface area (Å²) in [6.45, 7) is 1.58. The monoisotopic (exact) mass is 507 g/mol. The number of anilines is 2. The van der Waals surface area contributed by atoms with Crippen molar-refractivity contribution < 1.29 is 21.9 Å². The van der Waals surface area contributed by atoms with Crippen molar-refractivity contribution in [3.63, 3.8) is 0 Å². The number of benzene rings is 2. The van der Waals surface area contributed by atoms with Crippen molar-refractivity contribution in [3.8, 4) is 0 Å². The number of carbonyl (C=O) groups is 1. The topological polar surface area (TPSA) is 35.9 Å². The third-order valence-electron chi connectivity index (χ3n) is 5.96. The van der Waals surface area contributed by atoms with Gasteiger partial charge in [0.25, 0.3) is 0 Å². The van der Waals surface area contributed by atoms with E-state index in [9.17, 15) is 4.79 Å². The van der Waals surface area contributed by atoms with E-state index in [1.165, 1.54) is 21.2 Å². The largest absolute Gasteiger partial charge is 2.00 e.